The van der Waals surface area contributed by atoms with Gasteiger partial charge in [-0.3, -0.25) is 14.5 Å². The molecule has 1 N–H and O–H groups in total. The zero-order valence-electron chi connectivity index (χ0n) is 20.4. The van der Waals surface area contributed by atoms with Crippen molar-refractivity contribution in [3.05, 3.63) is 83.2 Å². The van der Waals surface area contributed by atoms with Gasteiger partial charge in [-0.05, 0) is 54.8 Å². The molecule has 1 unspecified atom stereocenters. The van der Waals surface area contributed by atoms with Crippen molar-refractivity contribution in [3.63, 3.8) is 0 Å². The Morgan fingerprint density at radius 3 is 2.56 bits per heavy atom. The molecule has 2 fully saturated rings. The molecule has 2 aliphatic heterocycles. The van der Waals surface area contributed by atoms with Gasteiger partial charge in [0.25, 0.3) is 11.7 Å². The summed E-state index contributed by atoms with van der Waals surface area (Å²) in [7, 11) is 0. The van der Waals surface area contributed by atoms with Gasteiger partial charge in [0.2, 0.25) is 0 Å². The number of halogens is 1. The number of carbonyl (C=O) groups excluding carboxylic acids is 2. The number of likely N-dealkylation sites (tertiary alicyclic amines) is 1. The monoisotopic (exact) mass is 494 g/mol. The quantitative estimate of drug-likeness (QED) is 0.247. The highest BCUT2D eigenvalue weighted by Crippen LogP contribution is 2.40. The Hall–Kier alpha value is -3.49. The summed E-state index contributed by atoms with van der Waals surface area (Å²) in [6.07, 6.45) is 2.29. The molecule has 0 aromatic heterocycles. The summed E-state index contributed by atoms with van der Waals surface area (Å²) in [4.78, 5) is 30.0. The van der Waals surface area contributed by atoms with E-state index in [0.717, 1.165) is 25.2 Å². The third-order valence-electron chi connectivity index (χ3n) is 6.51. The molecule has 2 aromatic carbocycles. The maximum absolute atomic E-state index is 13.7. The smallest absolute Gasteiger partial charge is 0.295 e. The lowest BCUT2D eigenvalue weighted by molar-refractivity contribution is -0.140. The number of Topliss-reactive ketones (excluding diaryl/α,β-unsaturated/α-hetero) is 1. The number of amides is 1. The van der Waals surface area contributed by atoms with Crippen molar-refractivity contribution in [3.8, 4) is 5.75 Å². The maximum Gasteiger partial charge on any atom is 0.295 e. The molecule has 2 aliphatic rings. The molecule has 2 heterocycles. The minimum atomic E-state index is -0.813. The van der Waals surface area contributed by atoms with Gasteiger partial charge in [0.1, 0.15) is 23.9 Å². The Labute approximate surface area is 210 Å². The highest BCUT2D eigenvalue weighted by molar-refractivity contribution is 6.46. The standard InChI is InChI=1S/C28H31FN2O5/c1-3-15-36-23-10-7-21(18-19(23)2)26(32)24-25(20-5-8-22(29)9-6-20)31(28(34)27(24)33)12-4-11-30-13-16-35-17-14-30/h3,5-10,18,25,32H,1,4,11-17H2,2H3/b26-24-. The molecule has 2 saturated heterocycles. The predicted octanol–water partition coefficient (Wildman–Crippen LogP) is 3.84. The van der Waals surface area contributed by atoms with E-state index in [1.165, 1.54) is 17.0 Å². The van der Waals surface area contributed by atoms with Gasteiger partial charge < -0.3 is 19.5 Å². The summed E-state index contributed by atoms with van der Waals surface area (Å²) in [5.41, 5.74) is 1.72. The zero-order chi connectivity index (χ0) is 25.7. The van der Waals surface area contributed by atoms with Crippen molar-refractivity contribution in [1.29, 1.82) is 0 Å². The van der Waals surface area contributed by atoms with Crippen LogP contribution in [0.3, 0.4) is 0 Å². The summed E-state index contributed by atoms with van der Waals surface area (Å²) in [5, 5.41) is 11.3. The van der Waals surface area contributed by atoms with Crippen molar-refractivity contribution in [2.45, 2.75) is 19.4 Å². The summed E-state index contributed by atoms with van der Waals surface area (Å²) in [6, 6.07) is 9.93. The normalized spacial score (nSPS) is 20.1. The van der Waals surface area contributed by atoms with Crippen LogP contribution in [0.15, 0.2) is 60.7 Å². The molecule has 4 rings (SSSR count). The van der Waals surface area contributed by atoms with Gasteiger partial charge in [0.05, 0.1) is 24.8 Å². The zero-order valence-corrected chi connectivity index (χ0v) is 20.4. The fourth-order valence-corrected chi connectivity index (χ4v) is 4.65. The number of ketones is 1. The van der Waals surface area contributed by atoms with Crippen LogP contribution >= 0.6 is 0 Å². The van der Waals surface area contributed by atoms with E-state index in [1.54, 1.807) is 36.4 Å². The van der Waals surface area contributed by atoms with Gasteiger partial charge in [-0.25, -0.2) is 4.39 Å². The van der Waals surface area contributed by atoms with E-state index < -0.39 is 23.5 Å². The summed E-state index contributed by atoms with van der Waals surface area (Å²) >= 11 is 0. The highest BCUT2D eigenvalue weighted by Gasteiger charge is 2.45. The van der Waals surface area contributed by atoms with Crippen molar-refractivity contribution >= 4 is 17.4 Å². The third kappa shape index (κ3) is 5.50. The van der Waals surface area contributed by atoms with Crippen LogP contribution in [-0.2, 0) is 14.3 Å². The first-order valence-electron chi connectivity index (χ1n) is 12.1. The van der Waals surface area contributed by atoms with Crippen LogP contribution in [0.25, 0.3) is 5.76 Å². The topological polar surface area (TPSA) is 79.3 Å². The number of rotatable bonds is 9. The summed E-state index contributed by atoms with van der Waals surface area (Å²) in [6.45, 7) is 9.90. The number of morpholine rings is 1. The van der Waals surface area contributed by atoms with Gasteiger partial charge in [0.15, 0.2) is 0 Å². The van der Waals surface area contributed by atoms with E-state index in [2.05, 4.69) is 11.5 Å². The second-order valence-electron chi connectivity index (χ2n) is 8.93. The lowest BCUT2D eigenvalue weighted by atomic mass is 9.94. The van der Waals surface area contributed by atoms with Crippen molar-refractivity contribution in [1.82, 2.24) is 9.80 Å². The Balaban J connectivity index is 1.66. The molecule has 190 valence electrons. The average molecular weight is 495 g/mol. The third-order valence-corrected chi connectivity index (χ3v) is 6.51. The van der Waals surface area contributed by atoms with Crippen LogP contribution in [0, 0.1) is 12.7 Å². The molecule has 1 amide bonds. The number of carbonyl (C=O) groups is 2. The molecule has 0 radical (unpaired) electrons. The van der Waals surface area contributed by atoms with E-state index in [1.807, 2.05) is 6.92 Å². The lowest BCUT2D eigenvalue weighted by Gasteiger charge is -2.29. The molecule has 2 aromatic rings. The van der Waals surface area contributed by atoms with Crippen LogP contribution < -0.4 is 4.74 Å². The molecule has 0 bridgehead atoms. The summed E-state index contributed by atoms with van der Waals surface area (Å²) < 4.78 is 24.7. The molecular weight excluding hydrogens is 463 g/mol. The van der Waals surface area contributed by atoms with Gasteiger partial charge in [-0.1, -0.05) is 24.8 Å². The molecule has 7 nitrogen and oxygen atoms in total. The first-order valence-corrected chi connectivity index (χ1v) is 12.1. The second-order valence-corrected chi connectivity index (χ2v) is 8.93. The highest BCUT2D eigenvalue weighted by atomic mass is 19.1. The van der Waals surface area contributed by atoms with Crippen LogP contribution in [0.5, 0.6) is 5.75 Å². The Morgan fingerprint density at radius 2 is 1.89 bits per heavy atom. The molecule has 8 heteroatoms. The summed E-state index contributed by atoms with van der Waals surface area (Å²) in [5.74, 6) is -1.48. The van der Waals surface area contributed by atoms with E-state index in [9.17, 15) is 19.1 Å². The van der Waals surface area contributed by atoms with E-state index in [4.69, 9.17) is 9.47 Å². The van der Waals surface area contributed by atoms with E-state index in [0.29, 0.717) is 49.7 Å². The van der Waals surface area contributed by atoms with Gasteiger partial charge in [0, 0.05) is 31.7 Å². The largest absolute Gasteiger partial charge is 0.507 e. The molecule has 0 spiro atoms. The number of aliphatic hydroxyl groups excluding tert-OH is 1. The molecular formula is C28H31FN2O5. The van der Waals surface area contributed by atoms with E-state index >= 15 is 0 Å². The number of hydrogen-bond donors (Lipinski definition) is 1. The first-order chi connectivity index (χ1) is 17.4. The minimum Gasteiger partial charge on any atom is -0.507 e. The van der Waals surface area contributed by atoms with Gasteiger partial charge >= 0.3 is 0 Å². The van der Waals surface area contributed by atoms with Crippen molar-refractivity contribution in [2.24, 2.45) is 0 Å². The van der Waals surface area contributed by atoms with Crippen LogP contribution in [0.4, 0.5) is 4.39 Å². The minimum absolute atomic E-state index is 0.00265. The first kappa shape index (κ1) is 25.6. The van der Waals surface area contributed by atoms with Crippen molar-refractivity contribution < 1.29 is 28.6 Å². The number of nitrogens with zero attached hydrogens (tertiary/aromatic N) is 2. The Bertz CT molecular complexity index is 1160. The van der Waals surface area contributed by atoms with Gasteiger partial charge in [-0.2, -0.15) is 0 Å². The van der Waals surface area contributed by atoms with Crippen LogP contribution in [0.2, 0.25) is 0 Å². The van der Waals surface area contributed by atoms with Crippen LogP contribution in [0.1, 0.15) is 29.2 Å². The number of hydrogen-bond acceptors (Lipinski definition) is 6. The molecule has 0 saturated carbocycles. The molecule has 1 atom stereocenters. The number of aryl methyl sites for hydroxylation is 1. The fourth-order valence-electron chi connectivity index (χ4n) is 4.65. The molecule has 36 heavy (non-hydrogen) atoms. The second kappa shape index (κ2) is 11.5. The lowest BCUT2D eigenvalue weighted by Crippen LogP contribution is -2.38. The molecule has 0 aliphatic carbocycles. The SMILES string of the molecule is C=CCOc1ccc(/C(O)=C2/C(=O)C(=O)N(CCCN3CCOCC3)C2c2ccc(F)cc2)cc1C. The van der Waals surface area contributed by atoms with Crippen molar-refractivity contribution in [2.75, 3.05) is 46.0 Å². The Morgan fingerprint density at radius 1 is 1.17 bits per heavy atom. The Kier molecular flexibility index (Phi) is 8.18. The number of aliphatic hydroxyl groups is 1. The van der Waals surface area contributed by atoms with Crippen LogP contribution in [-0.4, -0.2) is 72.6 Å². The number of benzene rings is 2. The van der Waals surface area contributed by atoms with Gasteiger partial charge in [-0.15, -0.1) is 0 Å². The predicted molar refractivity (Wildman–Crippen MR) is 134 cm³/mol. The van der Waals surface area contributed by atoms with E-state index in [-0.39, 0.29) is 11.3 Å². The maximum atomic E-state index is 13.7. The number of ether oxygens (including phenoxy) is 2. The fraction of sp³-hybridized carbons (Fsp3) is 0.357. The average Bonchev–Trinajstić information content (AvgIpc) is 3.13.